The maximum Gasteiger partial charge on any atom is 0.413 e. The first kappa shape index (κ1) is 24.3. The monoisotopic (exact) mass is 516 g/mol. The number of halogens is 4. The SMILES string of the molecule is CC1(C)C[C@H](c2ccc([C@H](N3CCC4(CCOCC4)C3=O)C(F)(F)F)cc2)c2cnc3cc(F)nn3c21. The molecule has 0 N–H and O–H groups in total. The average molecular weight is 517 g/mol. The molecular formula is C27H28F4N4O2. The van der Waals surface area contributed by atoms with Gasteiger partial charge in [-0.25, -0.2) is 9.50 Å². The Morgan fingerprint density at radius 2 is 1.81 bits per heavy atom. The summed E-state index contributed by atoms with van der Waals surface area (Å²) in [6, 6.07) is 5.68. The van der Waals surface area contributed by atoms with Crippen LogP contribution in [0.3, 0.4) is 0 Å². The Labute approximate surface area is 211 Å². The molecule has 3 aliphatic rings. The summed E-state index contributed by atoms with van der Waals surface area (Å²) in [5.41, 5.74) is 1.97. The number of alkyl halides is 3. The summed E-state index contributed by atoms with van der Waals surface area (Å²) in [5.74, 6) is -1.15. The summed E-state index contributed by atoms with van der Waals surface area (Å²) in [6.07, 6.45) is -0.858. The molecule has 1 amide bonds. The molecule has 196 valence electrons. The van der Waals surface area contributed by atoms with Crippen molar-refractivity contribution in [3.05, 3.63) is 64.9 Å². The molecule has 6 nitrogen and oxygen atoms in total. The third kappa shape index (κ3) is 3.83. The van der Waals surface area contributed by atoms with E-state index in [9.17, 15) is 22.4 Å². The second kappa shape index (κ2) is 8.24. The number of aromatic nitrogens is 3. The van der Waals surface area contributed by atoms with Crippen LogP contribution in [0, 0.1) is 11.4 Å². The minimum atomic E-state index is -4.60. The lowest BCUT2D eigenvalue weighted by atomic mass is 9.79. The molecule has 0 radical (unpaired) electrons. The van der Waals surface area contributed by atoms with Gasteiger partial charge in [0.15, 0.2) is 11.7 Å². The summed E-state index contributed by atoms with van der Waals surface area (Å²) in [7, 11) is 0. The smallest absolute Gasteiger partial charge is 0.381 e. The molecule has 1 spiro atoms. The molecule has 2 aromatic heterocycles. The second-order valence-corrected chi connectivity index (χ2v) is 11.2. The van der Waals surface area contributed by atoms with Gasteiger partial charge in [0.25, 0.3) is 0 Å². The Bertz CT molecular complexity index is 1360. The van der Waals surface area contributed by atoms with Crippen molar-refractivity contribution in [3.63, 3.8) is 0 Å². The number of carbonyl (C=O) groups excluding carboxylic acids is 1. The zero-order chi connectivity index (χ0) is 26.2. The van der Waals surface area contributed by atoms with E-state index in [-0.39, 0.29) is 23.4 Å². The maximum absolute atomic E-state index is 14.4. The van der Waals surface area contributed by atoms with E-state index in [0.717, 1.165) is 21.7 Å². The van der Waals surface area contributed by atoms with E-state index in [4.69, 9.17) is 4.74 Å². The highest BCUT2D eigenvalue weighted by Crippen LogP contribution is 2.50. The Hall–Kier alpha value is -3.01. The molecule has 0 saturated carbocycles. The molecular weight excluding hydrogens is 488 g/mol. The molecule has 1 aromatic carbocycles. The molecule has 4 heterocycles. The summed E-state index contributed by atoms with van der Waals surface area (Å²) in [4.78, 5) is 18.6. The van der Waals surface area contributed by atoms with Crippen LogP contribution in [0.4, 0.5) is 17.6 Å². The van der Waals surface area contributed by atoms with Crippen molar-refractivity contribution in [1.82, 2.24) is 19.5 Å². The van der Waals surface area contributed by atoms with E-state index in [1.54, 1.807) is 18.3 Å². The van der Waals surface area contributed by atoms with Crippen LogP contribution in [-0.2, 0) is 14.9 Å². The van der Waals surface area contributed by atoms with E-state index in [1.165, 1.54) is 22.7 Å². The predicted octanol–water partition coefficient (Wildman–Crippen LogP) is 5.31. The maximum atomic E-state index is 14.4. The third-order valence-electron chi connectivity index (χ3n) is 8.48. The van der Waals surface area contributed by atoms with Crippen molar-refractivity contribution >= 4 is 11.6 Å². The molecule has 2 saturated heterocycles. The van der Waals surface area contributed by atoms with Crippen molar-refractivity contribution in [2.24, 2.45) is 5.41 Å². The van der Waals surface area contributed by atoms with Gasteiger partial charge in [0.2, 0.25) is 11.9 Å². The van der Waals surface area contributed by atoms with E-state index in [2.05, 4.69) is 10.1 Å². The van der Waals surface area contributed by atoms with Crippen molar-refractivity contribution < 1.29 is 27.1 Å². The molecule has 2 atom stereocenters. The Morgan fingerprint density at radius 3 is 2.49 bits per heavy atom. The fraction of sp³-hybridized carbons (Fsp3) is 0.519. The van der Waals surface area contributed by atoms with Crippen molar-refractivity contribution in [2.75, 3.05) is 19.8 Å². The number of likely N-dealkylation sites (tertiary alicyclic amines) is 1. The van der Waals surface area contributed by atoms with Gasteiger partial charge in [-0.1, -0.05) is 38.1 Å². The lowest BCUT2D eigenvalue weighted by molar-refractivity contribution is -0.191. The van der Waals surface area contributed by atoms with Gasteiger partial charge in [-0.3, -0.25) is 4.79 Å². The van der Waals surface area contributed by atoms with Crippen molar-refractivity contribution in [1.29, 1.82) is 0 Å². The number of hydrogen-bond donors (Lipinski definition) is 0. The number of fused-ring (bicyclic) bond motifs is 3. The fourth-order valence-corrected chi connectivity index (χ4v) is 6.64. The lowest BCUT2D eigenvalue weighted by Gasteiger charge is -2.35. The second-order valence-electron chi connectivity index (χ2n) is 11.2. The summed E-state index contributed by atoms with van der Waals surface area (Å²) < 4.78 is 63.9. The first-order chi connectivity index (χ1) is 17.5. The Balaban J connectivity index is 1.33. The largest absolute Gasteiger partial charge is 0.413 e. The number of carbonyl (C=O) groups is 1. The number of rotatable bonds is 3. The Morgan fingerprint density at radius 1 is 1.11 bits per heavy atom. The fourth-order valence-electron chi connectivity index (χ4n) is 6.64. The summed E-state index contributed by atoms with van der Waals surface area (Å²) in [5, 5.41) is 3.98. The van der Waals surface area contributed by atoms with Crippen LogP contribution in [0.1, 0.15) is 73.9 Å². The molecule has 0 unspecified atom stereocenters. The van der Waals surface area contributed by atoms with Crippen LogP contribution in [0.5, 0.6) is 0 Å². The predicted molar refractivity (Wildman–Crippen MR) is 126 cm³/mol. The molecule has 10 heteroatoms. The van der Waals surface area contributed by atoms with Crippen LogP contribution >= 0.6 is 0 Å². The quantitative estimate of drug-likeness (QED) is 0.443. The van der Waals surface area contributed by atoms with Crippen molar-refractivity contribution in [2.45, 2.75) is 63.1 Å². The van der Waals surface area contributed by atoms with Gasteiger partial charge in [-0.15, -0.1) is 5.10 Å². The number of amides is 1. The molecule has 3 aromatic rings. The van der Waals surface area contributed by atoms with E-state index in [1.807, 2.05) is 13.8 Å². The van der Waals surface area contributed by atoms with Crippen LogP contribution in [0.2, 0.25) is 0 Å². The molecule has 2 aliphatic heterocycles. The van der Waals surface area contributed by atoms with Crippen LogP contribution in [0.15, 0.2) is 36.5 Å². The topological polar surface area (TPSA) is 59.7 Å². The third-order valence-corrected chi connectivity index (χ3v) is 8.48. The number of nitrogens with zero attached hydrogens (tertiary/aromatic N) is 4. The highest BCUT2D eigenvalue weighted by Gasteiger charge is 2.55. The highest BCUT2D eigenvalue weighted by atomic mass is 19.4. The van der Waals surface area contributed by atoms with Gasteiger partial charge in [0, 0.05) is 48.9 Å². The molecule has 37 heavy (non-hydrogen) atoms. The van der Waals surface area contributed by atoms with Gasteiger partial charge >= 0.3 is 6.18 Å². The van der Waals surface area contributed by atoms with E-state index < -0.39 is 29.5 Å². The van der Waals surface area contributed by atoms with Crippen LogP contribution in [0.25, 0.3) is 5.65 Å². The molecule has 0 bridgehead atoms. The highest BCUT2D eigenvalue weighted by molar-refractivity contribution is 5.85. The zero-order valence-electron chi connectivity index (χ0n) is 20.7. The number of benzene rings is 1. The first-order valence-electron chi connectivity index (χ1n) is 12.6. The summed E-state index contributed by atoms with van der Waals surface area (Å²) in [6.45, 7) is 4.97. The summed E-state index contributed by atoms with van der Waals surface area (Å²) >= 11 is 0. The van der Waals surface area contributed by atoms with Gasteiger partial charge in [0.1, 0.15) is 0 Å². The molecule has 1 aliphatic carbocycles. The van der Waals surface area contributed by atoms with Gasteiger partial charge < -0.3 is 9.64 Å². The van der Waals surface area contributed by atoms with Gasteiger partial charge in [0.05, 0.1) is 11.1 Å². The van der Waals surface area contributed by atoms with E-state index >= 15 is 0 Å². The Kier molecular flexibility index (Phi) is 5.42. The van der Waals surface area contributed by atoms with Crippen molar-refractivity contribution in [3.8, 4) is 0 Å². The minimum absolute atomic E-state index is 0.0499. The normalized spacial score (nSPS) is 23.7. The number of hydrogen-bond acceptors (Lipinski definition) is 4. The first-order valence-corrected chi connectivity index (χ1v) is 12.6. The average Bonchev–Trinajstić information content (AvgIpc) is 3.46. The van der Waals surface area contributed by atoms with Gasteiger partial charge in [-0.05, 0) is 36.8 Å². The molecule has 2 fully saturated rings. The van der Waals surface area contributed by atoms with Crippen LogP contribution in [-0.4, -0.2) is 51.3 Å². The van der Waals surface area contributed by atoms with Crippen LogP contribution < -0.4 is 0 Å². The molecule has 6 rings (SSSR count). The van der Waals surface area contributed by atoms with Gasteiger partial charge in [-0.2, -0.15) is 17.6 Å². The minimum Gasteiger partial charge on any atom is -0.381 e. The number of ether oxygens (including phenoxy) is 1. The standard InChI is InChI=1S/C27H28F4N4O2/c1-25(2)14-18(19-15-32-21-13-20(28)33-35(21)23(19)25)16-3-5-17(6-4-16)22(27(29,30)31)34-10-7-26(24(34)36)8-11-37-12-9-26/h3-6,13,15,18,22H,7-12,14H2,1-2H3/t18-,22+/m1/s1. The lowest BCUT2D eigenvalue weighted by Crippen LogP contribution is -2.44. The van der Waals surface area contributed by atoms with E-state index in [0.29, 0.717) is 44.5 Å². The zero-order valence-corrected chi connectivity index (χ0v) is 20.7.